The summed E-state index contributed by atoms with van der Waals surface area (Å²) in [4.78, 5) is 14.4. The van der Waals surface area contributed by atoms with Gasteiger partial charge >= 0.3 is 0 Å². The highest BCUT2D eigenvalue weighted by molar-refractivity contribution is 5.79. The first-order valence-corrected chi connectivity index (χ1v) is 7.64. The van der Waals surface area contributed by atoms with E-state index in [0.717, 1.165) is 56.8 Å². The van der Waals surface area contributed by atoms with E-state index in [1.165, 1.54) is 0 Å². The molecule has 0 aliphatic carbocycles. The van der Waals surface area contributed by atoms with Crippen molar-refractivity contribution in [1.82, 2.24) is 20.0 Å². The lowest BCUT2D eigenvalue weighted by Gasteiger charge is -2.33. The summed E-state index contributed by atoms with van der Waals surface area (Å²) in [7, 11) is 0. The lowest BCUT2D eigenvalue weighted by Crippen LogP contribution is -2.38. The van der Waals surface area contributed by atoms with Crippen molar-refractivity contribution in [1.29, 1.82) is 0 Å². The Bertz CT molecular complexity index is 502. The van der Waals surface area contributed by atoms with Gasteiger partial charge in [-0.05, 0) is 51.3 Å². The first-order valence-electron chi connectivity index (χ1n) is 7.64. The first kappa shape index (κ1) is 13.6. The predicted molar refractivity (Wildman–Crippen MR) is 77.2 cm³/mol. The van der Waals surface area contributed by atoms with Crippen LogP contribution in [0.15, 0.2) is 6.07 Å². The molecular formula is C15H24N4O. The molecule has 3 heterocycles. The molecule has 5 nitrogen and oxygen atoms in total. The summed E-state index contributed by atoms with van der Waals surface area (Å²) in [6.07, 6.45) is 2.98. The molecule has 2 aliphatic rings. The van der Waals surface area contributed by atoms with Crippen LogP contribution in [0, 0.1) is 12.3 Å². The zero-order chi connectivity index (χ0) is 14.2. The van der Waals surface area contributed by atoms with E-state index in [-0.39, 0.29) is 5.41 Å². The van der Waals surface area contributed by atoms with Crippen LogP contribution in [0.4, 0.5) is 0 Å². The molecule has 1 spiro atoms. The van der Waals surface area contributed by atoms with Crippen molar-refractivity contribution in [2.75, 3.05) is 19.6 Å². The van der Waals surface area contributed by atoms with Gasteiger partial charge in [-0.25, -0.2) is 0 Å². The molecule has 0 bridgehead atoms. The highest BCUT2D eigenvalue weighted by Crippen LogP contribution is 2.39. The Labute approximate surface area is 120 Å². The fourth-order valence-electron chi connectivity index (χ4n) is 3.61. The van der Waals surface area contributed by atoms with Crippen LogP contribution in [0.25, 0.3) is 0 Å². The van der Waals surface area contributed by atoms with E-state index in [1.807, 2.05) is 16.5 Å². The van der Waals surface area contributed by atoms with Crippen molar-refractivity contribution in [2.24, 2.45) is 5.41 Å². The van der Waals surface area contributed by atoms with Crippen molar-refractivity contribution >= 4 is 5.91 Å². The topological polar surface area (TPSA) is 50.2 Å². The van der Waals surface area contributed by atoms with Crippen LogP contribution >= 0.6 is 0 Å². The van der Waals surface area contributed by atoms with Crippen molar-refractivity contribution in [3.8, 4) is 0 Å². The molecular weight excluding hydrogens is 252 g/mol. The van der Waals surface area contributed by atoms with Gasteiger partial charge in [0.1, 0.15) is 0 Å². The summed E-state index contributed by atoms with van der Waals surface area (Å²) in [6.45, 7) is 8.69. The summed E-state index contributed by atoms with van der Waals surface area (Å²) in [5, 5.41) is 7.86. The van der Waals surface area contributed by atoms with Crippen LogP contribution in [0.3, 0.4) is 0 Å². The maximum Gasteiger partial charge on any atom is 0.223 e. The van der Waals surface area contributed by atoms with Crippen LogP contribution in [0.2, 0.25) is 0 Å². The number of aryl methyl sites for hydroxylation is 2. The molecule has 1 aromatic rings. The zero-order valence-electron chi connectivity index (χ0n) is 12.5. The third-order valence-electron chi connectivity index (χ3n) is 4.71. The second-order valence-corrected chi connectivity index (χ2v) is 6.27. The minimum Gasteiger partial charge on any atom is -0.336 e. The van der Waals surface area contributed by atoms with E-state index in [4.69, 9.17) is 0 Å². The van der Waals surface area contributed by atoms with Gasteiger partial charge in [-0.15, -0.1) is 0 Å². The van der Waals surface area contributed by atoms with Crippen LogP contribution in [-0.2, 0) is 17.9 Å². The van der Waals surface area contributed by atoms with Gasteiger partial charge in [0.15, 0.2) is 0 Å². The van der Waals surface area contributed by atoms with Crippen molar-refractivity contribution < 1.29 is 4.79 Å². The first-order chi connectivity index (χ1) is 9.62. The Kier molecular flexibility index (Phi) is 3.54. The van der Waals surface area contributed by atoms with Crippen molar-refractivity contribution in [3.05, 3.63) is 17.5 Å². The Morgan fingerprint density at radius 2 is 2.15 bits per heavy atom. The second kappa shape index (κ2) is 5.20. The number of rotatable bonds is 3. The Morgan fingerprint density at radius 1 is 1.40 bits per heavy atom. The SMILES string of the molecule is CCn1nc(C)cc1CN1CC2(CCNCC2)CC1=O. The smallest absolute Gasteiger partial charge is 0.223 e. The average Bonchev–Trinajstić information content (AvgIpc) is 2.92. The number of hydrogen-bond donors (Lipinski definition) is 1. The standard InChI is InChI=1S/C15H24N4O/c1-3-19-13(8-12(2)17-19)10-18-11-15(9-14(18)20)4-6-16-7-5-15/h8,16H,3-7,9-11H2,1-2H3. The number of carbonyl (C=O) groups is 1. The number of piperidine rings is 1. The van der Waals surface area contributed by atoms with E-state index >= 15 is 0 Å². The molecule has 0 aromatic carbocycles. The number of nitrogens with one attached hydrogen (secondary N) is 1. The van der Waals surface area contributed by atoms with Crippen molar-refractivity contribution in [3.63, 3.8) is 0 Å². The van der Waals surface area contributed by atoms with E-state index in [0.29, 0.717) is 12.5 Å². The number of aromatic nitrogens is 2. The van der Waals surface area contributed by atoms with Crippen molar-refractivity contribution in [2.45, 2.75) is 46.2 Å². The third kappa shape index (κ3) is 2.46. The summed E-state index contributed by atoms with van der Waals surface area (Å²) in [5.74, 6) is 0.313. The molecule has 3 rings (SSSR count). The van der Waals surface area contributed by atoms with Crippen LogP contribution in [-0.4, -0.2) is 40.2 Å². The number of hydrogen-bond acceptors (Lipinski definition) is 3. The lowest BCUT2D eigenvalue weighted by molar-refractivity contribution is -0.128. The van der Waals surface area contributed by atoms with Gasteiger partial charge in [0.2, 0.25) is 5.91 Å². The highest BCUT2D eigenvalue weighted by Gasteiger charge is 2.43. The second-order valence-electron chi connectivity index (χ2n) is 6.27. The van der Waals surface area contributed by atoms with Crippen LogP contribution in [0.5, 0.6) is 0 Å². The lowest BCUT2D eigenvalue weighted by atomic mass is 9.78. The Balaban J connectivity index is 1.73. The average molecular weight is 276 g/mol. The molecule has 1 N–H and O–H groups in total. The largest absolute Gasteiger partial charge is 0.336 e. The van der Waals surface area contributed by atoms with E-state index in [2.05, 4.69) is 23.4 Å². The minimum absolute atomic E-state index is 0.231. The molecule has 110 valence electrons. The minimum atomic E-state index is 0.231. The summed E-state index contributed by atoms with van der Waals surface area (Å²) < 4.78 is 2.01. The normalized spacial score (nSPS) is 21.9. The predicted octanol–water partition coefficient (Wildman–Crippen LogP) is 1.31. The van der Waals surface area contributed by atoms with E-state index in [9.17, 15) is 4.79 Å². The summed E-state index contributed by atoms with van der Waals surface area (Å²) >= 11 is 0. The summed E-state index contributed by atoms with van der Waals surface area (Å²) in [6, 6.07) is 2.10. The van der Waals surface area contributed by atoms with E-state index < -0.39 is 0 Å². The number of amides is 1. The third-order valence-corrected chi connectivity index (χ3v) is 4.71. The molecule has 1 aromatic heterocycles. The highest BCUT2D eigenvalue weighted by atomic mass is 16.2. The van der Waals surface area contributed by atoms with Gasteiger partial charge in [-0.3, -0.25) is 9.48 Å². The van der Waals surface area contributed by atoms with Gasteiger partial charge in [0, 0.05) is 19.5 Å². The quantitative estimate of drug-likeness (QED) is 0.905. The number of likely N-dealkylation sites (tertiary alicyclic amines) is 1. The Hall–Kier alpha value is -1.36. The van der Waals surface area contributed by atoms with E-state index in [1.54, 1.807) is 0 Å². The molecule has 0 unspecified atom stereocenters. The molecule has 0 radical (unpaired) electrons. The molecule has 2 aliphatic heterocycles. The molecule has 1 amide bonds. The maximum atomic E-state index is 12.3. The van der Waals surface area contributed by atoms with Crippen LogP contribution < -0.4 is 5.32 Å². The number of nitrogens with zero attached hydrogens (tertiary/aromatic N) is 3. The number of carbonyl (C=O) groups excluding carboxylic acids is 1. The molecule has 0 saturated carbocycles. The maximum absolute atomic E-state index is 12.3. The van der Waals surface area contributed by atoms with Gasteiger partial charge in [-0.1, -0.05) is 0 Å². The summed E-state index contributed by atoms with van der Waals surface area (Å²) in [5.41, 5.74) is 2.42. The zero-order valence-corrected chi connectivity index (χ0v) is 12.5. The molecule has 2 saturated heterocycles. The van der Waals surface area contributed by atoms with Gasteiger partial charge < -0.3 is 10.2 Å². The molecule has 5 heteroatoms. The van der Waals surface area contributed by atoms with Gasteiger partial charge in [0.05, 0.1) is 17.9 Å². The fraction of sp³-hybridized carbons (Fsp3) is 0.733. The Morgan fingerprint density at radius 3 is 2.85 bits per heavy atom. The van der Waals surface area contributed by atoms with Gasteiger partial charge in [0.25, 0.3) is 0 Å². The fourth-order valence-corrected chi connectivity index (χ4v) is 3.61. The monoisotopic (exact) mass is 276 g/mol. The van der Waals surface area contributed by atoms with Gasteiger partial charge in [-0.2, -0.15) is 5.10 Å². The molecule has 20 heavy (non-hydrogen) atoms. The molecule has 0 atom stereocenters. The molecule has 2 fully saturated rings. The van der Waals surface area contributed by atoms with Crippen LogP contribution in [0.1, 0.15) is 37.6 Å².